The molecule has 1 aliphatic heterocycles. The standard InChI is InChI=1S/C14H20N2O4S/c1-15(21(19,20)13-8-3-2-4-9-13)11-12-7-5-6-10-16(12)14(17)18/h2-4,8-9,12H,5-7,10-11H2,1H3,(H,17,18). The number of benzene rings is 1. The van der Waals surface area contributed by atoms with Gasteiger partial charge in [-0.25, -0.2) is 13.2 Å². The molecule has 0 spiro atoms. The third-order valence-electron chi connectivity index (χ3n) is 3.79. The van der Waals surface area contributed by atoms with Gasteiger partial charge in [0.2, 0.25) is 10.0 Å². The van der Waals surface area contributed by atoms with E-state index in [9.17, 15) is 18.3 Å². The number of carboxylic acid groups (broad SMARTS) is 1. The van der Waals surface area contributed by atoms with Crippen LogP contribution < -0.4 is 0 Å². The van der Waals surface area contributed by atoms with Crippen LogP contribution in [0.5, 0.6) is 0 Å². The number of hydrogen-bond donors (Lipinski definition) is 1. The first-order chi connectivity index (χ1) is 9.93. The molecule has 0 aliphatic carbocycles. The average molecular weight is 312 g/mol. The van der Waals surface area contributed by atoms with Gasteiger partial charge in [0.25, 0.3) is 0 Å². The summed E-state index contributed by atoms with van der Waals surface area (Å²) in [5.41, 5.74) is 0. The molecule has 1 saturated heterocycles. The molecule has 1 unspecified atom stereocenters. The number of carbonyl (C=O) groups is 1. The van der Waals surface area contributed by atoms with Crippen LogP contribution in [-0.4, -0.2) is 55.0 Å². The van der Waals surface area contributed by atoms with E-state index in [1.54, 1.807) is 30.3 Å². The number of likely N-dealkylation sites (N-methyl/N-ethyl adjacent to an activating group) is 1. The Bertz CT molecular complexity index is 588. The largest absolute Gasteiger partial charge is 0.465 e. The number of sulfonamides is 1. The van der Waals surface area contributed by atoms with Crippen molar-refractivity contribution >= 4 is 16.1 Å². The number of hydrogen-bond acceptors (Lipinski definition) is 3. The Morgan fingerprint density at radius 1 is 1.33 bits per heavy atom. The maximum absolute atomic E-state index is 12.4. The third-order valence-corrected chi connectivity index (χ3v) is 5.63. The van der Waals surface area contributed by atoms with Crippen molar-refractivity contribution in [2.24, 2.45) is 0 Å². The van der Waals surface area contributed by atoms with Crippen molar-refractivity contribution in [3.63, 3.8) is 0 Å². The highest BCUT2D eigenvalue weighted by Gasteiger charge is 2.30. The Morgan fingerprint density at radius 3 is 2.62 bits per heavy atom. The van der Waals surface area contributed by atoms with Crippen LogP contribution in [0, 0.1) is 0 Å². The van der Waals surface area contributed by atoms with Gasteiger partial charge in [-0.2, -0.15) is 4.31 Å². The average Bonchev–Trinajstić information content (AvgIpc) is 2.48. The summed E-state index contributed by atoms with van der Waals surface area (Å²) in [5, 5.41) is 9.20. The molecule has 0 bridgehead atoms. The Labute approximate surface area is 125 Å². The molecular formula is C14H20N2O4S. The van der Waals surface area contributed by atoms with Gasteiger partial charge in [-0.05, 0) is 31.4 Å². The summed E-state index contributed by atoms with van der Waals surface area (Å²) in [7, 11) is -2.08. The van der Waals surface area contributed by atoms with Crippen LogP contribution in [0.1, 0.15) is 19.3 Å². The van der Waals surface area contributed by atoms with Crippen LogP contribution in [0.4, 0.5) is 4.79 Å². The number of likely N-dealkylation sites (tertiary alicyclic amines) is 1. The molecule has 7 heteroatoms. The second kappa shape index (κ2) is 6.44. The molecule has 1 aromatic rings. The molecule has 1 aliphatic rings. The highest BCUT2D eigenvalue weighted by Crippen LogP contribution is 2.21. The summed E-state index contributed by atoms with van der Waals surface area (Å²) in [6, 6.07) is 7.91. The molecule has 0 saturated carbocycles. The fourth-order valence-electron chi connectivity index (χ4n) is 2.61. The SMILES string of the molecule is CN(CC1CCCCN1C(=O)O)S(=O)(=O)c1ccccc1. The molecule has 1 N–H and O–H groups in total. The summed E-state index contributed by atoms with van der Waals surface area (Å²) in [4.78, 5) is 12.8. The molecular weight excluding hydrogens is 292 g/mol. The van der Waals surface area contributed by atoms with Gasteiger partial charge < -0.3 is 10.0 Å². The van der Waals surface area contributed by atoms with Crippen molar-refractivity contribution in [3.8, 4) is 0 Å². The molecule has 6 nitrogen and oxygen atoms in total. The van der Waals surface area contributed by atoms with E-state index >= 15 is 0 Å². The molecule has 0 radical (unpaired) electrons. The van der Waals surface area contributed by atoms with Crippen LogP contribution in [0.2, 0.25) is 0 Å². The van der Waals surface area contributed by atoms with E-state index in [2.05, 4.69) is 0 Å². The Balaban J connectivity index is 2.13. The molecule has 1 fully saturated rings. The Kier molecular flexibility index (Phi) is 4.84. The summed E-state index contributed by atoms with van der Waals surface area (Å²) < 4.78 is 26.1. The second-order valence-electron chi connectivity index (χ2n) is 5.22. The summed E-state index contributed by atoms with van der Waals surface area (Å²) in [6.07, 6.45) is 1.47. The highest BCUT2D eigenvalue weighted by atomic mass is 32.2. The van der Waals surface area contributed by atoms with E-state index in [0.717, 1.165) is 12.8 Å². The summed E-state index contributed by atoms with van der Waals surface area (Å²) >= 11 is 0. The first kappa shape index (κ1) is 15.8. The molecule has 116 valence electrons. The minimum Gasteiger partial charge on any atom is -0.465 e. The predicted octanol–water partition coefficient (Wildman–Crippen LogP) is 1.84. The smallest absolute Gasteiger partial charge is 0.407 e. The van der Waals surface area contributed by atoms with E-state index in [-0.39, 0.29) is 17.5 Å². The third kappa shape index (κ3) is 3.54. The van der Waals surface area contributed by atoms with Crippen LogP contribution in [0.15, 0.2) is 35.2 Å². The minimum atomic E-state index is -3.57. The molecule has 1 heterocycles. The van der Waals surface area contributed by atoms with E-state index in [0.29, 0.717) is 13.0 Å². The topological polar surface area (TPSA) is 77.9 Å². The number of amides is 1. The van der Waals surface area contributed by atoms with Gasteiger partial charge in [0.1, 0.15) is 0 Å². The van der Waals surface area contributed by atoms with Gasteiger partial charge >= 0.3 is 6.09 Å². The number of nitrogens with zero attached hydrogens (tertiary/aromatic N) is 2. The van der Waals surface area contributed by atoms with Crippen molar-refractivity contribution < 1.29 is 18.3 Å². The van der Waals surface area contributed by atoms with Gasteiger partial charge in [-0.3, -0.25) is 0 Å². The van der Waals surface area contributed by atoms with Gasteiger partial charge in [0.15, 0.2) is 0 Å². The highest BCUT2D eigenvalue weighted by molar-refractivity contribution is 7.89. The number of rotatable bonds is 4. The van der Waals surface area contributed by atoms with E-state index < -0.39 is 16.1 Å². The second-order valence-corrected chi connectivity index (χ2v) is 7.27. The van der Waals surface area contributed by atoms with Crippen molar-refractivity contribution in [1.29, 1.82) is 0 Å². The van der Waals surface area contributed by atoms with Crippen molar-refractivity contribution in [3.05, 3.63) is 30.3 Å². The minimum absolute atomic E-state index is 0.184. The van der Waals surface area contributed by atoms with Crippen molar-refractivity contribution in [2.45, 2.75) is 30.2 Å². The maximum atomic E-state index is 12.4. The molecule has 1 aromatic carbocycles. The Hall–Kier alpha value is -1.60. The van der Waals surface area contributed by atoms with E-state index in [4.69, 9.17) is 0 Å². The van der Waals surface area contributed by atoms with E-state index in [1.165, 1.54) is 16.3 Å². The maximum Gasteiger partial charge on any atom is 0.407 e. The lowest BCUT2D eigenvalue weighted by Crippen LogP contribution is -2.49. The van der Waals surface area contributed by atoms with E-state index in [1.807, 2.05) is 0 Å². The van der Waals surface area contributed by atoms with Crippen LogP contribution >= 0.6 is 0 Å². The fraction of sp³-hybridized carbons (Fsp3) is 0.500. The Morgan fingerprint density at radius 2 is 2.00 bits per heavy atom. The van der Waals surface area contributed by atoms with Gasteiger partial charge in [-0.15, -0.1) is 0 Å². The van der Waals surface area contributed by atoms with Crippen molar-refractivity contribution in [1.82, 2.24) is 9.21 Å². The normalized spacial score (nSPS) is 19.7. The van der Waals surface area contributed by atoms with Crippen LogP contribution in [0.25, 0.3) is 0 Å². The van der Waals surface area contributed by atoms with Gasteiger partial charge in [-0.1, -0.05) is 18.2 Å². The van der Waals surface area contributed by atoms with Gasteiger partial charge in [0.05, 0.1) is 4.90 Å². The lowest BCUT2D eigenvalue weighted by atomic mass is 10.0. The molecule has 1 atom stereocenters. The lowest BCUT2D eigenvalue weighted by molar-refractivity contribution is 0.100. The molecule has 2 rings (SSSR count). The van der Waals surface area contributed by atoms with Crippen LogP contribution in [-0.2, 0) is 10.0 Å². The fourth-order valence-corrected chi connectivity index (χ4v) is 3.84. The summed E-state index contributed by atoms with van der Waals surface area (Å²) in [5.74, 6) is 0. The lowest BCUT2D eigenvalue weighted by Gasteiger charge is -2.35. The molecule has 1 amide bonds. The zero-order valence-electron chi connectivity index (χ0n) is 12.0. The predicted molar refractivity (Wildman–Crippen MR) is 78.6 cm³/mol. The quantitative estimate of drug-likeness (QED) is 0.920. The zero-order chi connectivity index (χ0) is 15.5. The monoisotopic (exact) mass is 312 g/mol. The van der Waals surface area contributed by atoms with Crippen molar-refractivity contribution in [2.75, 3.05) is 20.1 Å². The first-order valence-corrected chi connectivity index (χ1v) is 8.38. The van der Waals surface area contributed by atoms with Crippen LogP contribution in [0.3, 0.4) is 0 Å². The van der Waals surface area contributed by atoms with Gasteiger partial charge in [0, 0.05) is 26.2 Å². The molecule has 21 heavy (non-hydrogen) atoms. The number of piperidine rings is 1. The zero-order valence-corrected chi connectivity index (χ0v) is 12.8. The molecule has 0 aromatic heterocycles. The summed E-state index contributed by atoms with van der Waals surface area (Å²) in [6.45, 7) is 0.656. The first-order valence-electron chi connectivity index (χ1n) is 6.94.